The highest BCUT2D eigenvalue weighted by Gasteiger charge is 2.07. The number of hydrogen-bond donors (Lipinski definition) is 1. The molecule has 3 rings (SSSR count). The number of tetrazole rings is 2. The molecule has 0 spiro atoms. The second-order valence-electron chi connectivity index (χ2n) is 3.84. The maximum absolute atomic E-state index is 4.26. The maximum Gasteiger partial charge on any atom is 0.204 e. The van der Waals surface area contributed by atoms with Crippen LogP contribution in [0.3, 0.4) is 0 Å². The van der Waals surface area contributed by atoms with Gasteiger partial charge in [0.2, 0.25) is 5.82 Å². The van der Waals surface area contributed by atoms with Gasteiger partial charge in [-0.3, -0.25) is 0 Å². The second kappa shape index (κ2) is 4.32. The summed E-state index contributed by atoms with van der Waals surface area (Å²) in [5.41, 5.74) is 2.12. The molecule has 0 saturated carbocycles. The van der Waals surface area contributed by atoms with Crippen LogP contribution < -0.4 is 0 Å². The fourth-order valence-corrected chi connectivity index (χ4v) is 1.50. The zero-order valence-corrected chi connectivity index (χ0v) is 9.65. The summed E-state index contributed by atoms with van der Waals surface area (Å²) in [4.78, 5) is 1.43. The third-order valence-electron chi connectivity index (χ3n) is 2.43. The zero-order chi connectivity index (χ0) is 12.4. The first kappa shape index (κ1) is 10.5. The summed E-state index contributed by atoms with van der Waals surface area (Å²) in [5, 5.41) is 25.7. The van der Waals surface area contributed by atoms with Gasteiger partial charge >= 0.3 is 0 Å². The molecule has 0 amide bonds. The van der Waals surface area contributed by atoms with Crippen molar-refractivity contribution in [3.8, 4) is 11.4 Å². The quantitative estimate of drug-likeness (QED) is 0.705. The monoisotopic (exact) mass is 242 g/mol. The number of nitrogens with zero attached hydrogens (tertiary/aromatic N) is 7. The summed E-state index contributed by atoms with van der Waals surface area (Å²) >= 11 is 0. The second-order valence-corrected chi connectivity index (χ2v) is 3.84. The van der Waals surface area contributed by atoms with E-state index in [0.29, 0.717) is 18.2 Å². The third kappa shape index (κ3) is 2.08. The van der Waals surface area contributed by atoms with Crippen LogP contribution in [-0.4, -0.2) is 40.8 Å². The van der Waals surface area contributed by atoms with Crippen LogP contribution in [0.5, 0.6) is 0 Å². The minimum atomic E-state index is 0.343. The number of H-pyrrole nitrogens is 1. The van der Waals surface area contributed by atoms with Crippen molar-refractivity contribution in [2.24, 2.45) is 0 Å². The maximum atomic E-state index is 4.26. The lowest BCUT2D eigenvalue weighted by Gasteiger charge is -1.95. The van der Waals surface area contributed by atoms with E-state index in [2.05, 4.69) is 36.0 Å². The van der Waals surface area contributed by atoms with Gasteiger partial charge in [-0.05, 0) is 12.1 Å². The van der Waals surface area contributed by atoms with E-state index in [9.17, 15) is 0 Å². The Labute approximate surface area is 102 Å². The minimum Gasteiger partial charge on any atom is -0.177 e. The first-order chi connectivity index (χ1) is 8.81. The van der Waals surface area contributed by atoms with Gasteiger partial charge in [0.15, 0.2) is 5.82 Å². The molecule has 0 saturated heterocycles. The highest BCUT2D eigenvalue weighted by atomic mass is 15.6. The van der Waals surface area contributed by atoms with E-state index >= 15 is 0 Å². The van der Waals surface area contributed by atoms with Crippen molar-refractivity contribution in [3.63, 3.8) is 0 Å². The number of aromatic amines is 1. The smallest absolute Gasteiger partial charge is 0.177 e. The lowest BCUT2D eigenvalue weighted by molar-refractivity contribution is 0.555. The van der Waals surface area contributed by atoms with Crippen molar-refractivity contribution in [1.29, 1.82) is 0 Å². The Hall–Kier alpha value is -2.64. The molecular formula is C10H10N8. The van der Waals surface area contributed by atoms with E-state index in [1.807, 2.05) is 31.2 Å². The molecule has 0 aliphatic heterocycles. The lowest BCUT2D eigenvalue weighted by Crippen LogP contribution is -2.05. The van der Waals surface area contributed by atoms with Gasteiger partial charge in [-0.1, -0.05) is 35.0 Å². The molecule has 3 aromatic rings. The van der Waals surface area contributed by atoms with Gasteiger partial charge in [0.1, 0.15) is 6.54 Å². The van der Waals surface area contributed by atoms with Crippen molar-refractivity contribution in [3.05, 3.63) is 35.7 Å². The predicted molar refractivity (Wildman–Crippen MR) is 61.3 cm³/mol. The number of nitrogens with one attached hydrogen (secondary N) is 1. The molecule has 8 heteroatoms. The Morgan fingerprint density at radius 3 is 2.72 bits per heavy atom. The molecule has 0 aliphatic carbocycles. The molecule has 0 atom stereocenters. The largest absolute Gasteiger partial charge is 0.204 e. The Kier molecular flexibility index (Phi) is 2.52. The van der Waals surface area contributed by atoms with Crippen LogP contribution in [0.1, 0.15) is 11.4 Å². The van der Waals surface area contributed by atoms with Crippen molar-refractivity contribution < 1.29 is 0 Å². The Balaban J connectivity index is 1.83. The summed E-state index contributed by atoms with van der Waals surface area (Å²) in [5.74, 6) is 1.10. The van der Waals surface area contributed by atoms with E-state index in [1.165, 1.54) is 10.4 Å². The van der Waals surface area contributed by atoms with Gasteiger partial charge in [0, 0.05) is 5.56 Å². The third-order valence-corrected chi connectivity index (χ3v) is 2.43. The summed E-state index contributed by atoms with van der Waals surface area (Å²) in [6, 6.07) is 7.94. The van der Waals surface area contributed by atoms with Crippen molar-refractivity contribution in [2.45, 2.75) is 13.5 Å². The normalized spacial score (nSPS) is 10.7. The first-order valence-corrected chi connectivity index (χ1v) is 5.38. The van der Waals surface area contributed by atoms with E-state index in [4.69, 9.17) is 0 Å². The number of rotatable bonds is 3. The molecule has 1 N–H and O–H groups in total. The van der Waals surface area contributed by atoms with Crippen LogP contribution in [-0.2, 0) is 6.54 Å². The van der Waals surface area contributed by atoms with Gasteiger partial charge in [-0.2, -0.15) is 10.0 Å². The molecule has 18 heavy (non-hydrogen) atoms. The van der Waals surface area contributed by atoms with Crippen LogP contribution in [0.2, 0.25) is 0 Å². The van der Waals surface area contributed by atoms with Crippen LogP contribution in [0.25, 0.3) is 11.4 Å². The van der Waals surface area contributed by atoms with Gasteiger partial charge in [-0.25, -0.2) is 0 Å². The molecule has 0 radical (unpaired) electrons. The van der Waals surface area contributed by atoms with E-state index in [0.717, 1.165) is 5.56 Å². The Bertz CT molecular complexity index is 624. The van der Waals surface area contributed by atoms with Gasteiger partial charge in [-0.15, -0.1) is 20.4 Å². The molecule has 0 aliphatic rings. The average Bonchev–Trinajstić information content (AvgIpc) is 3.02. The van der Waals surface area contributed by atoms with Crippen molar-refractivity contribution in [2.75, 3.05) is 0 Å². The standard InChI is InChI=1S/C10H10N8/c1-7-2-4-8(5-3-7)10-13-17-18(14-10)6-9-11-15-16-12-9/h2-5H,6H2,1H3,(H,11,12,15,16). The molecule has 0 unspecified atom stereocenters. The fourth-order valence-electron chi connectivity index (χ4n) is 1.50. The number of hydrogen-bond acceptors (Lipinski definition) is 6. The molecule has 1 aromatic carbocycles. The topological polar surface area (TPSA) is 98.1 Å². The number of aromatic nitrogens is 8. The number of aryl methyl sites for hydroxylation is 1. The number of benzene rings is 1. The highest BCUT2D eigenvalue weighted by Crippen LogP contribution is 2.13. The van der Waals surface area contributed by atoms with Gasteiger partial charge in [0.25, 0.3) is 0 Å². The van der Waals surface area contributed by atoms with Crippen LogP contribution in [0, 0.1) is 6.92 Å². The summed E-state index contributed by atoms with van der Waals surface area (Å²) in [7, 11) is 0. The summed E-state index contributed by atoms with van der Waals surface area (Å²) in [6.07, 6.45) is 0. The van der Waals surface area contributed by atoms with Crippen molar-refractivity contribution in [1.82, 2.24) is 40.8 Å². The van der Waals surface area contributed by atoms with E-state index < -0.39 is 0 Å². The lowest BCUT2D eigenvalue weighted by atomic mass is 10.1. The summed E-state index contributed by atoms with van der Waals surface area (Å²) < 4.78 is 0. The van der Waals surface area contributed by atoms with Crippen LogP contribution in [0.15, 0.2) is 24.3 Å². The Morgan fingerprint density at radius 1 is 1.17 bits per heavy atom. The van der Waals surface area contributed by atoms with Crippen LogP contribution in [0.4, 0.5) is 0 Å². The van der Waals surface area contributed by atoms with Gasteiger partial charge in [0.05, 0.1) is 0 Å². The van der Waals surface area contributed by atoms with Gasteiger partial charge < -0.3 is 0 Å². The fraction of sp³-hybridized carbons (Fsp3) is 0.200. The molecule has 90 valence electrons. The molecule has 0 bridgehead atoms. The molecule has 0 fully saturated rings. The molecular weight excluding hydrogens is 232 g/mol. The van der Waals surface area contributed by atoms with Crippen molar-refractivity contribution >= 4 is 0 Å². The SMILES string of the molecule is Cc1ccc(-c2nnn(Cc3nn[nH]n3)n2)cc1. The van der Waals surface area contributed by atoms with Crippen LogP contribution >= 0.6 is 0 Å². The summed E-state index contributed by atoms with van der Waals surface area (Å²) in [6.45, 7) is 2.37. The predicted octanol–water partition coefficient (Wildman–Crippen LogP) is 0.210. The minimum absolute atomic E-state index is 0.343. The highest BCUT2D eigenvalue weighted by molar-refractivity contribution is 5.53. The Morgan fingerprint density at radius 2 is 2.00 bits per heavy atom. The molecule has 2 heterocycles. The molecule has 2 aromatic heterocycles. The van der Waals surface area contributed by atoms with E-state index in [-0.39, 0.29) is 0 Å². The van der Waals surface area contributed by atoms with E-state index in [1.54, 1.807) is 0 Å². The molecule has 8 nitrogen and oxygen atoms in total. The average molecular weight is 242 g/mol. The zero-order valence-electron chi connectivity index (χ0n) is 9.65. The first-order valence-electron chi connectivity index (χ1n) is 5.38.